The molecule has 2 bridgehead atoms. The van der Waals surface area contributed by atoms with E-state index in [2.05, 4.69) is 0 Å². The molecule has 4 heteroatoms. The van der Waals surface area contributed by atoms with Gasteiger partial charge in [0.2, 0.25) is 11.8 Å². The molecular weight excluding hydrogens is 338 g/mol. The Kier molecular flexibility index (Phi) is 3.27. The molecule has 1 saturated carbocycles. The maximum atomic E-state index is 13.4. The lowest BCUT2D eigenvalue weighted by Crippen LogP contribution is -2.44. The highest BCUT2D eigenvalue weighted by atomic mass is 16.2. The van der Waals surface area contributed by atoms with E-state index in [-0.39, 0.29) is 23.5 Å². The fraction of sp³-hybridized carbons (Fsp3) is 0.348. The van der Waals surface area contributed by atoms with E-state index in [4.69, 9.17) is 0 Å². The molecule has 1 aliphatic heterocycles. The van der Waals surface area contributed by atoms with Crippen LogP contribution in [0.5, 0.6) is 0 Å². The third-order valence-electron chi connectivity index (χ3n) is 6.55. The Morgan fingerprint density at radius 2 is 1.44 bits per heavy atom. The molecule has 1 heterocycles. The number of carbonyl (C=O) groups excluding carboxylic acids is 3. The first-order chi connectivity index (χ1) is 12.9. The van der Waals surface area contributed by atoms with Crippen molar-refractivity contribution in [1.29, 1.82) is 0 Å². The lowest BCUT2D eigenvalue weighted by Gasteiger charge is -2.43. The number of rotatable bonds is 1. The summed E-state index contributed by atoms with van der Waals surface area (Å²) in [5.41, 5.74) is 5.66. The molecule has 3 aliphatic carbocycles. The lowest BCUT2D eigenvalue weighted by atomic mass is 9.56. The molecule has 0 spiro atoms. The topological polar surface area (TPSA) is 54.5 Å². The van der Waals surface area contributed by atoms with Crippen molar-refractivity contribution in [2.45, 2.75) is 39.0 Å². The van der Waals surface area contributed by atoms with Crippen LogP contribution in [-0.4, -0.2) is 17.6 Å². The highest BCUT2D eigenvalue weighted by Crippen LogP contribution is 2.58. The van der Waals surface area contributed by atoms with Gasteiger partial charge in [0.05, 0.1) is 23.4 Å². The van der Waals surface area contributed by atoms with Gasteiger partial charge in [-0.3, -0.25) is 14.4 Å². The van der Waals surface area contributed by atoms with Crippen molar-refractivity contribution < 1.29 is 14.4 Å². The van der Waals surface area contributed by atoms with Crippen molar-refractivity contribution in [2.24, 2.45) is 11.8 Å². The van der Waals surface area contributed by atoms with Gasteiger partial charge < -0.3 is 0 Å². The van der Waals surface area contributed by atoms with Gasteiger partial charge in [0, 0.05) is 12.3 Å². The first-order valence-electron chi connectivity index (χ1n) is 9.47. The molecule has 0 aromatic heterocycles. The summed E-state index contributed by atoms with van der Waals surface area (Å²) >= 11 is 0. The fourth-order valence-electron chi connectivity index (χ4n) is 5.70. The Bertz CT molecular complexity index is 1010. The first kappa shape index (κ1) is 16.4. The van der Waals surface area contributed by atoms with E-state index >= 15 is 0 Å². The number of anilines is 1. The number of benzene rings is 2. The van der Waals surface area contributed by atoms with E-state index in [0.717, 1.165) is 27.8 Å². The standard InChI is InChI=1S/C23H21NO3/c1-11-8-12(2)21(13(3)9-11)24-22(26)19-16-10-17(25)18(20(19)23(24)27)15-7-5-4-6-14(15)16/h4-9,16,18-20H,10H2,1-3H3/t16-,18+,19-,20+/m1/s1. The van der Waals surface area contributed by atoms with Gasteiger partial charge in [-0.1, -0.05) is 42.0 Å². The zero-order valence-electron chi connectivity index (χ0n) is 15.7. The summed E-state index contributed by atoms with van der Waals surface area (Å²) < 4.78 is 0. The minimum absolute atomic E-state index is 0.0975. The third kappa shape index (κ3) is 2.01. The molecule has 2 amide bonds. The van der Waals surface area contributed by atoms with Crippen molar-refractivity contribution in [2.75, 3.05) is 4.90 Å². The average molecular weight is 359 g/mol. The second kappa shape index (κ2) is 5.38. The highest BCUT2D eigenvalue weighted by molar-refractivity contribution is 6.25. The summed E-state index contributed by atoms with van der Waals surface area (Å²) in [4.78, 5) is 41.0. The van der Waals surface area contributed by atoms with Crippen LogP contribution in [0, 0.1) is 32.6 Å². The Hall–Kier alpha value is -2.75. The number of aryl methyl sites for hydroxylation is 3. The van der Waals surface area contributed by atoms with Crippen LogP contribution in [0.1, 0.15) is 46.1 Å². The van der Waals surface area contributed by atoms with Crippen LogP contribution in [0.3, 0.4) is 0 Å². The smallest absolute Gasteiger partial charge is 0.238 e. The number of fused-ring (bicyclic) bond motifs is 1. The number of imide groups is 1. The Balaban J connectivity index is 1.68. The van der Waals surface area contributed by atoms with Crippen molar-refractivity contribution >= 4 is 23.3 Å². The normalized spacial score (nSPS) is 28.6. The summed E-state index contributed by atoms with van der Waals surface area (Å²) in [5, 5.41) is 0. The van der Waals surface area contributed by atoms with Gasteiger partial charge in [0.1, 0.15) is 5.78 Å². The lowest BCUT2D eigenvalue weighted by molar-refractivity contribution is -0.134. The monoisotopic (exact) mass is 359 g/mol. The van der Waals surface area contributed by atoms with Crippen molar-refractivity contribution in [3.63, 3.8) is 0 Å². The van der Waals surface area contributed by atoms with Gasteiger partial charge in [-0.05, 0) is 43.0 Å². The Labute approximate surface area is 158 Å². The second-order valence-electron chi connectivity index (χ2n) is 8.19. The summed E-state index contributed by atoms with van der Waals surface area (Å²) in [6, 6.07) is 11.8. The van der Waals surface area contributed by atoms with Gasteiger partial charge >= 0.3 is 0 Å². The number of carbonyl (C=O) groups is 3. The van der Waals surface area contributed by atoms with Crippen LogP contribution >= 0.6 is 0 Å². The number of amides is 2. The zero-order valence-corrected chi connectivity index (χ0v) is 15.7. The van der Waals surface area contributed by atoms with E-state index in [1.54, 1.807) is 0 Å². The average Bonchev–Trinajstić information content (AvgIpc) is 2.87. The van der Waals surface area contributed by atoms with Crippen LogP contribution in [0.15, 0.2) is 36.4 Å². The summed E-state index contributed by atoms with van der Waals surface area (Å²) in [6.45, 7) is 5.88. The molecule has 4 aliphatic rings. The molecular formula is C23H21NO3. The molecule has 2 aromatic rings. The van der Waals surface area contributed by atoms with E-state index in [1.165, 1.54) is 4.90 Å². The van der Waals surface area contributed by atoms with Gasteiger partial charge in [-0.2, -0.15) is 0 Å². The van der Waals surface area contributed by atoms with Crippen LogP contribution in [0.4, 0.5) is 5.69 Å². The number of hydrogen-bond donors (Lipinski definition) is 0. The largest absolute Gasteiger partial charge is 0.299 e. The molecule has 0 N–H and O–H groups in total. The van der Waals surface area contributed by atoms with Crippen molar-refractivity contribution in [3.05, 3.63) is 64.2 Å². The molecule has 27 heavy (non-hydrogen) atoms. The number of hydrogen-bond acceptors (Lipinski definition) is 3. The highest BCUT2D eigenvalue weighted by Gasteiger charge is 2.62. The van der Waals surface area contributed by atoms with Gasteiger partial charge in [0.15, 0.2) is 0 Å². The molecule has 2 aromatic carbocycles. The first-order valence-corrected chi connectivity index (χ1v) is 9.47. The van der Waals surface area contributed by atoms with Crippen LogP contribution in [0.2, 0.25) is 0 Å². The predicted molar refractivity (Wildman–Crippen MR) is 102 cm³/mol. The van der Waals surface area contributed by atoms with Crippen LogP contribution in [0.25, 0.3) is 0 Å². The van der Waals surface area contributed by atoms with Gasteiger partial charge in [0.25, 0.3) is 0 Å². The molecule has 1 saturated heterocycles. The number of nitrogens with zero attached hydrogens (tertiary/aromatic N) is 1. The molecule has 2 fully saturated rings. The van der Waals surface area contributed by atoms with Gasteiger partial charge in [-0.25, -0.2) is 4.90 Å². The second-order valence-corrected chi connectivity index (χ2v) is 8.19. The number of ketones is 1. The minimum atomic E-state index is -0.557. The molecule has 0 radical (unpaired) electrons. The number of Topliss-reactive ketones (excluding diaryl/α,β-unsaturated/α-hetero) is 1. The van der Waals surface area contributed by atoms with Crippen LogP contribution < -0.4 is 4.90 Å². The SMILES string of the molecule is Cc1cc(C)c(N2C(=O)[C@@H]3[C@H](C2=O)[C@@H]2CC(=O)[C@@H]3c3ccccc32)c(C)c1. The molecule has 6 rings (SSSR count). The minimum Gasteiger partial charge on any atom is -0.299 e. The van der Waals surface area contributed by atoms with E-state index in [0.29, 0.717) is 12.1 Å². The summed E-state index contributed by atoms with van der Waals surface area (Å²) in [5.74, 6) is -1.90. The van der Waals surface area contributed by atoms with Crippen molar-refractivity contribution in [1.82, 2.24) is 0 Å². The van der Waals surface area contributed by atoms with Crippen molar-refractivity contribution in [3.8, 4) is 0 Å². The quantitative estimate of drug-likeness (QED) is 0.732. The Morgan fingerprint density at radius 3 is 2.11 bits per heavy atom. The molecule has 136 valence electrons. The summed E-state index contributed by atoms with van der Waals surface area (Å²) in [7, 11) is 0. The Morgan fingerprint density at radius 1 is 0.852 bits per heavy atom. The molecule has 0 unspecified atom stereocenters. The van der Waals surface area contributed by atoms with E-state index < -0.39 is 17.8 Å². The summed E-state index contributed by atoms with van der Waals surface area (Å²) in [6.07, 6.45) is 0.363. The maximum Gasteiger partial charge on any atom is 0.238 e. The van der Waals surface area contributed by atoms with Crippen LogP contribution in [-0.2, 0) is 14.4 Å². The zero-order chi connectivity index (χ0) is 19.0. The van der Waals surface area contributed by atoms with E-state index in [1.807, 2.05) is 57.2 Å². The van der Waals surface area contributed by atoms with E-state index in [9.17, 15) is 14.4 Å². The molecule has 4 nitrogen and oxygen atoms in total. The third-order valence-corrected chi connectivity index (χ3v) is 6.55. The van der Waals surface area contributed by atoms with Gasteiger partial charge in [-0.15, -0.1) is 0 Å². The molecule has 4 atom stereocenters. The maximum absolute atomic E-state index is 13.4. The predicted octanol–water partition coefficient (Wildman–Crippen LogP) is 3.57. The fourth-order valence-corrected chi connectivity index (χ4v) is 5.70.